The van der Waals surface area contributed by atoms with Crippen LogP contribution in [0, 0.1) is 0 Å². The average molecular weight is 365 g/mol. The molecular weight excluding hydrogens is 352 g/mol. The van der Waals surface area contributed by atoms with Crippen LogP contribution < -0.4 is 4.74 Å². The molecule has 112 valence electrons. The lowest BCUT2D eigenvalue weighted by Crippen LogP contribution is -1.85. The summed E-state index contributed by atoms with van der Waals surface area (Å²) in [4.78, 5) is 0. The van der Waals surface area contributed by atoms with Crippen molar-refractivity contribution in [3.05, 3.63) is 77.4 Å². The largest absolute Gasteiger partial charge is 0.457 e. The first-order valence-corrected chi connectivity index (χ1v) is 8.05. The Bertz CT molecular complexity index is 946. The zero-order chi connectivity index (χ0) is 15.6. The van der Waals surface area contributed by atoms with Crippen molar-refractivity contribution in [1.29, 1.82) is 0 Å². The molecule has 0 spiro atoms. The van der Waals surface area contributed by atoms with Gasteiger partial charge in [0.05, 0.1) is 11.7 Å². The van der Waals surface area contributed by atoms with Gasteiger partial charge in [-0.1, -0.05) is 46.3 Å². The van der Waals surface area contributed by atoms with E-state index in [0.29, 0.717) is 0 Å². The summed E-state index contributed by atoms with van der Waals surface area (Å²) in [6.45, 7) is 0. The number of rotatable bonds is 3. The summed E-state index contributed by atoms with van der Waals surface area (Å²) < 4.78 is 6.87. The summed E-state index contributed by atoms with van der Waals surface area (Å²) in [6.07, 6.45) is 1.83. The van der Waals surface area contributed by atoms with E-state index in [0.717, 1.165) is 38.0 Å². The second-order valence-corrected chi connectivity index (χ2v) is 6.14. The highest BCUT2D eigenvalue weighted by molar-refractivity contribution is 9.10. The van der Waals surface area contributed by atoms with Gasteiger partial charge in [0.2, 0.25) is 0 Å². The standard InChI is InChI=1S/C19H13BrN2O/c20-15-10-14-12-21-22-19(14)18(11-15)13-6-8-17(9-7-13)23-16-4-2-1-3-5-16/h1-12H,(H,21,22). The Balaban J connectivity index is 1.69. The first-order valence-electron chi connectivity index (χ1n) is 7.25. The molecule has 0 fully saturated rings. The topological polar surface area (TPSA) is 37.9 Å². The first kappa shape index (κ1) is 14.0. The lowest BCUT2D eigenvalue weighted by Gasteiger charge is -2.08. The molecular formula is C19H13BrN2O. The van der Waals surface area contributed by atoms with E-state index in [1.807, 2.05) is 48.7 Å². The molecule has 0 bridgehead atoms. The molecule has 4 aromatic rings. The fraction of sp³-hybridized carbons (Fsp3) is 0. The van der Waals surface area contributed by atoms with E-state index in [2.05, 4.69) is 50.4 Å². The molecule has 0 saturated carbocycles. The minimum atomic E-state index is 0.816. The number of aromatic nitrogens is 2. The number of ether oxygens (including phenoxy) is 1. The normalized spacial score (nSPS) is 10.8. The number of H-pyrrole nitrogens is 1. The van der Waals surface area contributed by atoms with E-state index in [-0.39, 0.29) is 0 Å². The second-order valence-electron chi connectivity index (χ2n) is 5.23. The minimum absolute atomic E-state index is 0.816. The van der Waals surface area contributed by atoms with Gasteiger partial charge in [-0.15, -0.1) is 0 Å². The van der Waals surface area contributed by atoms with Crippen LogP contribution in [0.4, 0.5) is 0 Å². The second kappa shape index (κ2) is 5.89. The van der Waals surface area contributed by atoms with Crippen LogP contribution in [0.3, 0.4) is 0 Å². The van der Waals surface area contributed by atoms with Gasteiger partial charge in [0, 0.05) is 15.4 Å². The van der Waals surface area contributed by atoms with Crippen molar-refractivity contribution in [2.24, 2.45) is 0 Å². The van der Waals surface area contributed by atoms with Crippen molar-refractivity contribution in [2.75, 3.05) is 0 Å². The number of benzene rings is 3. The zero-order valence-corrected chi connectivity index (χ0v) is 13.7. The number of nitrogens with zero attached hydrogens (tertiary/aromatic N) is 1. The number of hydrogen-bond donors (Lipinski definition) is 1. The van der Waals surface area contributed by atoms with Gasteiger partial charge in [0.25, 0.3) is 0 Å². The highest BCUT2D eigenvalue weighted by atomic mass is 79.9. The summed E-state index contributed by atoms with van der Waals surface area (Å²) >= 11 is 3.56. The maximum atomic E-state index is 5.84. The Hall–Kier alpha value is -2.59. The number of fused-ring (bicyclic) bond motifs is 1. The Labute approximate surface area is 142 Å². The minimum Gasteiger partial charge on any atom is -0.457 e. The van der Waals surface area contributed by atoms with E-state index < -0.39 is 0 Å². The highest BCUT2D eigenvalue weighted by Gasteiger charge is 2.08. The van der Waals surface area contributed by atoms with E-state index in [1.165, 1.54) is 0 Å². The van der Waals surface area contributed by atoms with Crippen LogP contribution in [0.15, 0.2) is 77.4 Å². The number of para-hydroxylation sites is 1. The predicted molar refractivity (Wildman–Crippen MR) is 95.7 cm³/mol. The van der Waals surface area contributed by atoms with Crippen molar-refractivity contribution in [2.45, 2.75) is 0 Å². The number of nitrogens with one attached hydrogen (secondary N) is 1. The number of aromatic amines is 1. The van der Waals surface area contributed by atoms with Gasteiger partial charge in [-0.05, 0) is 42.0 Å². The quantitative estimate of drug-likeness (QED) is 0.499. The fourth-order valence-electron chi connectivity index (χ4n) is 2.58. The van der Waals surface area contributed by atoms with Gasteiger partial charge in [0.1, 0.15) is 11.5 Å². The molecule has 4 heteroatoms. The van der Waals surface area contributed by atoms with Crippen LogP contribution in [0.5, 0.6) is 11.5 Å². The van der Waals surface area contributed by atoms with E-state index in [9.17, 15) is 0 Å². The molecule has 3 nitrogen and oxygen atoms in total. The van der Waals surface area contributed by atoms with Gasteiger partial charge in [0.15, 0.2) is 0 Å². The molecule has 0 radical (unpaired) electrons. The van der Waals surface area contributed by atoms with Gasteiger partial charge in [-0.2, -0.15) is 5.10 Å². The lowest BCUT2D eigenvalue weighted by atomic mass is 10.0. The summed E-state index contributed by atoms with van der Waals surface area (Å²) in [5, 5.41) is 8.28. The van der Waals surface area contributed by atoms with Crippen molar-refractivity contribution in [1.82, 2.24) is 10.2 Å². The Kier molecular flexibility index (Phi) is 3.60. The smallest absolute Gasteiger partial charge is 0.127 e. The van der Waals surface area contributed by atoms with Gasteiger partial charge in [-0.3, -0.25) is 5.10 Å². The van der Waals surface area contributed by atoms with Crippen molar-refractivity contribution < 1.29 is 4.74 Å². The summed E-state index contributed by atoms with van der Waals surface area (Å²) in [6, 6.07) is 22.0. The molecule has 0 aliphatic heterocycles. The SMILES string of the molecule is Brc1cc(-c2ccc(Oc3ccccc3)cc2)c2[nH]ncc2c1. The number of hydrogen-bond acceptors (Lipinski definition) is 2. The maximum Gasteiger partial charge on any atom is 0.127 e. The Morgan fingerprint density at radius 1 is 0.870 bits per heavy atom. The molecule has 0 atom stereocenters. The molecule has 1 heterocycles. The van der Waals surface area contributed by atoms with Crippen LogP contribution in [-0.4, -0.2) is 10.2 Å². The average Bonchev–Trinajstić information content (AvgIpc) is 3.04. The highest BCUT2D eigenvalue weighted by Crippen LogP contribution is 2.32. The molecule has 0 saturated heterocycles. The molecule has 0 amide bonds. The van der Waals surface area contributed by atoms with Crippen molar-refractivity contribution >= 4 is 26.8 Å². The lowest BCUT2D eigenvalue weighted by molar-refractivity contribution is 0.483. The van der Waals surface area contributed by atoms with Gasteiger partial charge >= 0.3 is 0 Å². The zero-order valence-electron chi connectivity index (χ0n) is 12.2. The monoisotopic (exact) mass is 364 g/mol. The fourth-order valence-corrected chi connectivity index (χ4v) is 3.05. The molecule has 3 aromatic carbocycles. The van der Waals surface area contributed by atoms with Crippen LogP contribution >= 0.6 is 15.9 Å². The van der Waals surface area contributed by atoms with Crippen LogP contribution in [0.1, 0.15) is 0 Å². The molecule has 0 aliphatic carbocycles. The van der Waals surface area contributed by atoms with Crippen molar-refractivity contribution in [3.63, 3.8) is 0 Å². The molecule has 0 unspecified atom stereocenters. The summed E-state index contributed by atoms with van der Waals surface area (Å²) in [5.41, 5.74) is 3.25. The number of halogens is 1. The van der Waals surface area contributed by atoms with E-state index >= 15 is 0 Å². The third-order valence-electron chi connectivity index (χ3n) is 3.66. The first-order chi connectivity index (χ1) is 11.3. The van der Waals surface area contributed by atoms with Crippen LogP contribution in [0.25, 0.3) is 22.0 Å². The summed E-state index contributed by atoms with van der Waals surface area (Å²) in [5.74, 6) is 1.65. The molecule has 1 N–H and O–H groups in total. The predicted octanol–water partition coefficient (Wildman–Crippen LogP) is 5.78. The summed E-state index contributed by atoms with van der Waals surface area (Å²) in [7, 11) is 0. The van der Waals surface area contributed by atoms with Crippen LogP contribution in [-0.2, 0) is 0 Å². The Morgan fingerprint density at radius 3 is 2.39 bits per heavy atom. The molecule has 1 aromatic heterocycles. The Morgan fingerprint density at radius 2 is 1.61 bits per heavy atom. The molecule has 23 heavy (non-hydrogen) atoms. The maximum absolute atomic E-state index is 5.84. The third-order valence-corrected chi connectivity index (χ3v) is 4.12. The van der Waals surface area contributed by atoms with Crippen molar-refractivity contribution in [3.8, 4) is 22.6 Å². The van der Waals surface area contributed by atoms with Gasteiger partial charge < -0.3 is 4.74 Å². The van der Waals surface area contributed by atoms with E-state index in [1.54, 1.807) is 0 Å². The van der Waals surface area contributed by atoms with Gasteiger partial charge in [-0.25, -0.2) is 0 Å². The molecule has 4 rings (SSSR count). The van der Waals surface area contributed by atoms with E-state index in [4.69, 9.17) is 4.74 Å². The third kappa shape index (κ3) is 2.85. The van der Waals surface area contributed by atoms with Crippen LogP contribution in [0.2, 0.25) is 0 Å². The molecule has 0 aliphatic rings.